The van der Waals surface area contributed by atoms with Crippen LogP contribution in [0.25, 0.3) is 0 Å². The van der Waals surface area contributed by atoms with Gasteiger partial charge in [0, 0.05) is 34.5 Å². The Morgan fingerprint density at radius 3 is 2.36 bits per heavy atom. The maximum absolute atomic E-state index is 13.8. The summed E-state index contributed by atoms with van der Waals surface area (Å²) in [6, 6.07) is 12.9. The lowest BCUT2D eigenvalue weighted by Crippen LogP contribution is -2.57. The maximum atomic E-state index is 13.8. The highest BCUT2D eigenvalue weighted by atomic mass is 79.9. The van der Waals surface area contributed by atoms with Gasteiger partial charge in [-0.05, 0) is 86.9 Å². The predicted molar refractivity (Wildman–Crippen MR) is 151 cm³/mol. The summed E-state index contributed by atoms with van der Waals surface area (Å²) in [7, 11) is 0. The molecular weight excluding hydrogens is 538 g/mol. The molecule has 196 valence electrons. The lowest BCUT2D eigenvalue weighted by Gasteiger charge is -2.39. The van der Waals surface area contributed by atoms with Gasteiger partial charge in [-0.1, -0.05) is 59.6 Å². The van der Waals surface area contributed by atoms with E-state index in [1.807, 2.05) is 68.1 Å². The predicted octanol–water partition coefficient (Wildman–Crippen LogP) is 5.96. The number of hydrogen-bond acceptors (Lipinski definition) is 3. The molecule has 5 nitrogen and oxygen atoms in total. The fraction of sp³-hybridized carbons (Fsp3) is 0.517. The van der Waals surface area contributed by atoms with Crippen molar-refractivity contribution in [2.75, 3.05) is 13.1 Å². The Hall–Kier alpha value is -1.89. The third-order valence-electron chi connectivity index (χ3n) is 7.57. The van der Waals surface area contributed by atoms with Gasteiger partial charge in [0.15, 0.2) is 0 Å². The number of nitrogens with two attached hydrogens (primary N) is 1. The van der Waals surface area contributed by atoms with E-state index in [1.54, 1.807) is 0 Å². The second-order valence-corrected chi connectivity index (χ2v) is 12.4. The number of likely N-dealkylation sites (tertiary alicyclic amines) is 1. The SMILES string of the molecule is CCC(C)c1cc(Cl)ccc1C(C)(C)C(=O)N[C@@H](Cc1ccc(Br)cc1)C(=O)N1CCC(C)(N)CC1. The molecule has 1 aliphatic heterocycles. The second-order valence-electron chi connectivity index (χ2n) is 11.0. The van der Waals surface area contributed by atoms with Gasteiger partial charge >= 0.3 is 0 Å². The summed E-state index contributed by atoms with van der Waals surface area (Å²) < 4.78 is 0.970. The van der Waals surface area contributed by atoms with Gasteiger partial charge < -0.3 is 16.0 Å². The zero-order chi connectivity index (χ0) is 26.7. The fourth-order valence-electron chi connectivity index (χ4n) is 4.71. The highest BCUT2D eigenvalue weighted by Crippen LogP contribution is 2.34. The molecule has 1 heterocycles. The van der Waals surface area contributed by atoms with Crippen LogP contribution in [0.2, 0.25) is 5.02 Å². The first-order chi connectivity index (χ1) is 16.8. The van der Waals surface area contributed by atoms with Gasteiger partial charge in [-0.25, -0.2) is 0 Å². The molecule has 36 heavy (non-hydrogen) atoms. The number of amides is 2. The van der Waals surface area contributed by atoms with Crippen molar-refractivity contribution >= 4 is 39.3 Å². The smallest absolute Gasteiger partial charge is 0.245 e. The van der Waals surface area contributed by atoms with Crippen molar-refractivity contribution in [1.82, 2.24) is 10.2 Å². The molecule has 2 amide bonds. The van der Waals surface area contributed by atoms with Gasteiger partial charge in [0.25, 0.3) is 0 Å². The minimum absolute atomic E-state index is 0.0594. The lowest BCUT2D eigenvalue weighted by atomic mass is 9.77. The first kappa shape index (κ1) is 28.7. The molecule has 2 aromatic carbocycles. The molecule has 0 aromatic heterocycles. The van der Waals surface area contributed by atoms with E-state index in [1.165, 1.54) is 0 Å². The van der Waals surface area contributed by atoms with Crippen molar-refractivity contribution in [3.63, 3.8) is 0 Å². The molecule has 0 bridgehead atoms. The van der Waals surface area contributed by atoms with Gasteiger partial charge in [0.2, 0.25) is 11.8 Å². The lowest BCUT2D eigenvalue weighted by molar-refractivity contribution is -0.138. The Morgan fingerprint density at radius 2 is 1.78 bits per heavy atom. The van der Waals surface area contributed by atoms with Crippen LogP contribution >= 0.6 is 27.5 Å². The number of nitrogens with zero attached hydrogens (tertiary/aromatic N) is 1. The van der Waals surface area contributed by atoms with Crippen LogP contribution in [0, 0.1) is 0 Å². The molecule has 1 unspecified atom stereocenters. The molecule has 0 aliphatic carbocycles. The van der Waals surface area contributed by atoms with Crippen molar-refractivity contribution in [2.45, 2.75) is 83.2 Å². The molecule has 0 spiro atoms. The van der Waals surface area contributed by atoms with E-state index >= 15 is 0 Å². The van der Waals surface area contributed by atoms with E-state index in [4.69, 9.17) is 17.3 Å². The van der Waals surface area contributed by atoms with E-state index in [9.17, 15) is 9.59 Å². The zero-order valence-electron chi connectivity index (χ0n) is 22.0. The highest BCUT2D eigenvalue weighted by Gasteiger charge is 2.37. The number of benzene rings is 2. The zero-order valence-corrected chi connectivity index (χ0v) is 24.4. The van der Waals surface area contributed by atoms with Crippen LogP contribution in [0.3, 0.4) is 0 Å². The molecule has 0 radical (unpaired) electrons. The number of piperidine rings is 1. The monoisotopic (exact) mass is 575 g/mol. The first-order valence-electron chi connectivity index (χ1n) is 12.8. The minimum atomic E-state index is -0.848. The van der Waals surface area contributed by atoms with Crippen LogP contribution in [-0.2, 0) is 21.4 Å². The average Bonchev–Trinajstić information content (AvgIpc) is 2.83. The van der Waals surface area contributed by atoms with Crippen LogP contribution in [0.5, 0.6) is 0 Å². The Morgan fingerprint density at radius 1 is 1.17 bits per heavy atom. The molecule has 2 aromatic rings. The molecule has 2 atom stereocenters. The molecule has 3 N–H and O–H groups in total. The van der Waals surface area contributed by atoms with Gasteiger partial charge in [-0.2, -0.15) is 0 Å². The molecule has 1 fully saturated rings. The van der Waals surface area contributed by atoms with E-state index in [0.717, 1.165) is 40.4 Å². The quantitative estimate of drug-likeness (QED) is 0.407. The van der Waals surface area contributed by atoms with E-state index < -0.39 is 11.5 Å². The summed E-state index contributed by atoms with van der Waals surface area (Å²) in [4.78, 5) is 29.4. The second kappa shape index (κ2) is 11.7. The highest BCUT2D eigenvalue weighted by molar-refractivity contribution is 9.10. The number of carbonyl (C=O) groups is 2. The molecule has 7 heteroatoms. The summed E-state index contributed by atoms with van der Waals surface area (Å²) in [5.74, 6) is 0.0197. The molecule has 3 rings (SSSR count). The topological polar surface area (TPSA) is 75.4 Å². The van der Waals surface area contributed by atoms with Crippen molar-refractivity contribution in [1.29, 1.82) is 0 Å². The Kier molecular flexibility index (Phi) is 9.29. The fourth-order valence-corrected chi connectivity index (χ4v) is 5.15. The first-order valence-corrected chi connectivity index (χ1v) is 13.9. The van der Waals surface area contributed by atoms with Crippen LogP contribution < -0.4 is 11.1 Å². The van der Waals surface area contributed by atoms with Crippen LogP contribution in [0.1, 0.15) is 76.5 Å². The minimum Gasteiger partial charge on any atom is -0.343 e. The maximum Gasteiger partial charge on any atom is 0.245 e. The molecular formula is C29H39BrClN3O2. The van der Waals surface area contributed by atoms with Crippen LogP contribution in [-0.4, -0.2) is 41.4 Å². The van der Waals surface area contributed by atoms with Gasteiger partial charge in [-0.15, -0.1) is 0 Å². The summed E-state index contributed by atoms with van der Waals surface area (Å²) in [5.41, 5.74) is 8.18. The average molecular weight is 577 g/mol. The number of carbonyl (C=O) groups excluding carboxylic acids is 2. The van der Waals surface area contributed by atoms with E-state index in [-0.39, 0.29) is 23.3 Å². The summed E-state index contributed by atoms with van der Waals surface area (Å²) in [6.45, 7) is 11.3. The third kappa shape index (κ3) is 6.90. The number of hydrogen-bond donors (Lipinski definition) is 2. The number of rotatable bonds is 8. The summed E-state index contributed by atoms with van der Waals surface area (Å²) >= 11 is 9.79. The Balaban J connectivity index is 1.89. The van der Waals surface area contributed by atoms with Crippen molar-refractivity contribution in [3.8, 4) is 0 Å². The third-order valence-corrected chi connectivity index (χ3v) is 8.34. The van der Waals surface area contributed by atoms with Crippen LogP contribution in [0.15, 0.2) is 46.9 Å². The van der Waals surface area contributed by atoms with Gasteiger partial charge in [0.05, 0.1) is 5.41 Å². The Labute approximate surface area is 229 Å². The summed E-state index contributed by atoms with van der Waals surface area (Å²) in [5, 5.41) is 3.79. The normalized spacial score (nSPS) is 17.4. The van der Waals surface area contributed by atoms with Crippen molar-refractivity contribution < 1.29 is 9.59 Å². The molecule has 0 saturated carbocycles. The van der Waals surface area contributed by atoms with E-state index in [2.05, 4.69) is 35.1 Å². The Bertz CT molecular complexity index is 1070. The largest absolute Gasteiger partial charge is 0.343 e. The van der Waals surface area contributed by atoms with Gasteiger partial charge in [-0.3, -0.25) is 9.59 Å². The number of halogens is 2. The van der Waals surface area contributed by atoms with Crippen molar-refractivity contribution in [3.05, 3.63) is 68.7 Å². The molecule has 1 saturated heterocycles. The summed E-state index contributed by atoms with van der Waals surface area (Å²) in [6.07, 6.45) is 2.84. The standard InChI is InChI=1S/C29H39BrClN3O2/c1-6-19(2)23-18-22(31)11-12-24(23)28(3,4)27(36)33-25(17-20-7-9-21(30)10-8-20)26(35)34-15-13-29(5,32)14-16-34/h7-12,18-19,25H,6,13-17,32H2,1-5H3,(H,33,36)/t19?,25-/m0/s1. The van der Waals surface area contributed by atoms with Crippen LogP contribution in [0.4, 0.5) is 0 Å². The van der Waals surface area contributed by atoms with Crippen molar-refractivity contribution in [2.24, 2.45) is 5.73 Å². The number of nitrogens with one attached hydrogen (secondary N) is 1. The van der Waals surface area contributed by atoms with E-state index in [0.29, 0.717) is 24.5 Å². The molecule has 1 aliphatic rings. The van der Waals surface area contributed by atoms with Gasteiger partial charge in [0.1, 0.15) is 6.04 Å².